The third-order valence-corrected chi connectivity index (χ3v) is 2.55. The van der Waals surface area contributed by atoms with E-state index in [0.717, 1.165) is 0 Å². The molecule has 1 aromatic heterocycles. The Balaban J connectivity index is 2.46. The number of nitrogens with zero attached hydrogens (tertiary/aromatic N) is 1. The number of aliphatic carboxylic acids is 1. The normalized spacial score (nSPS) is 13.2. The standard InChI is InChI=1S/C12H14N2O3/c1-6(2)11-14-8-5-7(10(13)12(15)16)3-4-9(8)17-11/h3-6,10H,13H2,1-2H3,(H,15,16). The number of carbonyl (C=O) groups is 1. The predicted molar refractivity (Wildman–Crippen MR) is 62.7 cm³/mol. The minimum Gasteiger partial charge on any atom is -0.480 e. The number of hydrogen-bond donors (Lipinski definition) is 2. The zero-order valence-electron chi connectivity index (χ0n) is 9.68. The van der Waals surface area contributed by atoms with Crippen molar-refractivity contribution < 1.29 is 14.3 Å². The van der Waals surface area contributed by atoms with Crippen LogP contribution in [0.2, 0.25) is 0 Å². The zero-order valence-corrected chi connectivity index (χ0v) is 9.68. The van der Waals surface area contributed by atoms with Crippen molar-refractivity contribution in [2.75, 3.05) is 0 Å². The van der Waals surface area contributed by atoms with Gasteiger partial charge >= 0.3 is 5.97 Å². The lowest BCUT2D eigenvalue weighted by Gasteiger charge is -2.05. The van der Waals surface area contributed by atoms with Crippen LogP contribution in [0, 0.1) is 0 Å². The molecule has 0 aliphatic carbocycles. The Labute approximate surface area is 98.2 Å². The van der Waals surface area contributed by atoms with Crippen molar-refractivity contribution in [3.63, 3.8) is 0 Å². The molecule has 0 fully saturated rings. The van der Waals surface area contributed by atoms with E-state index >= 15 is 0 Å². The summed E-state index contributed by atoms with van der Waals surface area (Å²) in [5.74, 6) is -0.225. The van der Waals surface area contributed by atoms with Crippen molar-refractivity contribution >= 4 is 17.1 Å². The van der Waals surface area contributed by atoms with E-state index in [9.17, 15) is 4.79 Å². The van der Waals surface area contributed by atoms with Crippen molar-refractivity contribution in [2.24, 2.45) is 5.73 Å². The van der Waals surface area contributed by atoms with Gasteiger partial charge in [0.1, 0.15) is 11.6 Å². The largest absolute Gasteiger partial charge is 0.480 e. The van der Waals surface area contributed by atoms with E-state index in [4.69, 9.17) is 15.3 Å². The van der Waals surface area contributed by atoms with Crippen LogP contribution in [0.25, 0.3) is 11.1 Å². The fourth-order valence-electron chi connectivity index (χ4n) is 1.55. The summed E-state index contributed by atoms with van der Waals surface area (Å²) in [7, 11) is 0. The van der Waals surface area contributed by atoms with E-state index in [-0.39, 0.29) is 5.92 Å². The summed E-state index contributed by atoms with van der Waals surface area (Å²) in [5.41, 5.74) is 7.35. The molecule has 1 unspecified atom stereocenters. The second-order valence-corrected chi connectivity index (χ2v) is 4.25. The molecule has 5 heteroatoms. The van der Waals surface area contributed by atoms with Crippen LogP contribution in [0.1, 0.15) is 37.3 Å². The molecule has 0 aliphatic rings. The molecular weight excluding hydrogens is 220 g/mol. The lowest BCUT2D eigenvalue weighted by Crippen LogP contribution is -2.20. The van der Waals surface area contributed by atoms with Gasteiger partial charge in [0.05, 0.1) is 0 Å². The van der Waals surface area contributed by atoms with Crippen LogP contribution in [0.15, 0.2) is 22.6 Å². The highest BCUT2D eigenvalue weighted by Gasteiger charge is 2.16. The number of benzene rings is 1. The first-order valence-electron chi connectivity index (χ1n) is 5.38. The number of aromatic nitrogens is 1. The maximum Gasteiger partial charge on any atom is 0.325 e. The number of rotatable bonds is 3. The molecule has 0 aliphatic heterocycles. The Morgan fingerprint density at radius 2 is 2.18 bits per heavy atom. The van der Waals surface area contributed by atoms with Gasteiger partial charge in [0.25, 0.3) is 0 Å². The number of carboxylic acids is 1. The molecule has 3 N–H and O–H groups in total. The van der Waals surface area contributed by atoms with Crippen molar-refractivity contribution in [2.45, 2.75) is 25.8 Å². The molecule has 0 amide bonds. The Hall–Kier alpha value is -1.88. The van der Waals surface area contributed by atoms with Crippen LogP contribution >= 0.6 is 0 Å². The van der Waals surface area contributed by atoms with Gasteiger partial charge in [-0.15, -0.1) is 0 Å². The molecule has 0 bridgehead atoms. The summed E-state index contributed by atoms with van der Waals surface area (Å²) in [6.07, 6.45) is 0. The molecule has 1 atom stereocenters. The molecule has 5 nitrogen and oxygen atoms in total. The lowest BCUT2D eigenvalue weighted by atomic mass is 10.1. The number of carboxylic acid groups (broad SMARTS) is 1. The summed E-state index contributed by atoms with van der Waals surface area (Å²) in [6.45, 7) is 3.96. The van der Waals surface area contributed by atoms with Crippen molar-refractivity contribution in [3.8, 4) is 0 Å². The lowest BCUT2D eigenvalue weighted by molar-refractivity contribution is -0.138. The molecule has 2 aromatic rings. The fraction of sp³-hybridized carbons (Fsp3) is 0.333. The van der Waals surface area contributed by atoms with Crippen LogP contribution in [0.3, 0.4) is 0 Å². The Kier molecular flexibility index (Phi) is 2.85. The van der Waals surface area contributed by atoms with Gasteiger partial charge in [-0.1, -0.05) is 19.9 Å². The molecular formula is C12H14N2O3. The predicted octanol–water partition coefficient (Wildman–Crippen LogP) is 2.04. The summed E-state index contributed by atoms with van der Waals surface area (Å²) in [4.78, 5) is 15.1. The van der Waals surface area contributed by atoms with Crippen LogP contribution in [0.4, 0.5) is 0 Å². The van der Waals surface area contributed by atoms with E-state index in [1.807, 2.05) is 13.8 Å². The molecule has 0 spiro atoms. The van der Waals surface area contributed by atoms with E-state index in [2.05, 4.69) is 4.98 Å². The molecule has 0 radical (unpaired) electrons. The third-order valence-electron chi connectivity index (χ3n) is 2.55. The number of nitrogens with two attached hydrogens (primary N) is 1. The fourth-order valence-corrected chi connectivity index (χ4v) is 1.55. The third kappa shape index (κ3) is 2.14. The number of fused-ring (bicyclic) bond motifs is 1. The smallest absolute Gasteiger partial charge is 0.325 e. The first kappa shape index (κ1) is 11.6. The van der Waals surface area contributed by atoms with E-state index < -0.39 is 12.0 Å². The molecule has 17 heavy (non-hydrogen) atoms. The molecule has 0 saturated carbocycles. The summed E-state index contributed by atoms with van der Waals surface area (Å²) in [6, 6.07) is 3.98. The van der Waals surface area contributed by atoms with Gasteiger partial charge in [0.15, 0.2) is 11.5 Å². The molecule has 0 saturated heterocycles. The summed E-state index contributed by atoms with van der Waals surface area (Å²) < 4.78 is 5.53. The second-order valence-electron chi connectivity index (χ2n) is 4.25. The van der Waals surface area contributed by atoms with Crippen LogP contribution in [0.5, 0.6) is 0 Å². The maximum absolute atomic E-state index is 10.8. The van der Waals surface area contributed by atoms with Crippen LogP contribution in [-0.2, 0) is 4.79 Å². The average molecular weight is 234 g/mol. The topological polar surface area (TPSA) is 89.3 Å². The van der Waals surface area contributed by atoms with Gasteiger partial charge in [-0.3, -0.25) is 4.79 Å². The molecule has 2 rings (SSSR count). The van der Waals surface area contributed by atoms with Crippen molar-refractivity contribution in [3.05, 3.63) is 29.7 Å². The average Bonchev–Trinajstić information content (AvgIpc) is 2.70. The Morgan fingerprint density at radius 1 is 1.47 bits per heavy atom. The van der Waals surface area contributed by atoms with E-state index in [0.29, 0.717) is 22.6 Å². The van der Waals surface area contributed by atoms with Gasteiger partial charge in [0, 0.05) is 5.92 Å². The highest BCUT2D eigenvalue weighted by molar-refractivity contribution is 5.79. The Bertz CT molecular complexity index is 560. The SMILES string of the molecule is CC(C)c1nc2cc(C(N)C(=O)O)ccc2o1. The maximum atomic E-state index is 10.8. The molecule has 90 valence electrons. The van der Waals surface area contributed by atoms with Crippen molar-refractivity contribution in [1.29, 1.82) is 0 Å². The van der Waals surface area contributed by atoms with Crippen LogP contribution in [-0.4, -0.2) is 16.1 Å². The van der Waals surface area contributed by atoms with Gasteiger partial charge in [-0.25, -0.2) is 4.98 Å². The highest BCUT2D eigenvalue weighted by atomic mass is 16.4. The monoisotopic (exact) mass is 234 g/mol. The number of oxazole rings is 1. The zero-order chi connectivity index (χ0) is 12.6. The summed E-state index contributed by atoms with van der Waals surface area (Å²) in [5, 5.41) is 8.83. The van der Waals surface area contributed by atoms with Gasteiger partial charge in [-0.2, -0.15) is 0 Å². The molecule has 1 aromatic carbocycles. The van der Waals surface area contributed by atoms with E-state index in [1.54, 1.807) is 18.2 Å². The van der Waals surface area contributed by atoms with Gasteiger partial charge < -0.3 is 15.3 Å². The first-order valence-corrected chi connectivity index (χ1v) is 5.38. The minimum atomic E-state index is -1.06. The van der Waals surface area contributed by atoms with Crippen molar-refractivity contribution in [1.82, 2.24) is 4.98 Å². The van der Waals surface area contributed by atoms with Gasteiger partial charge in [-0.05, 0) is 17.7 Å². The Morgan fingerprint density at radius 3 is 2.76 bits per heavy atom. The summed E-state index contributed by atoms with van der Waals surface area (Å²) >= 11 is 0. The first-order chi connectivity index (χ1) is 7.99. The second kappa shape index (κ2) is 4.18. The van der Waals surface area contributed by atoms with Crippen LogP contribution < -0.4 is 5.73 Å². The quantitative estimate of drug-likeness (QED) is 0.848. The molecule has 1 heterocycles. The highest BCUT2D eigenvalue weighted by Crippen LogP contribution is 2.23. The van der Waals surface area contributed by atoms with E-state index in [1.165, 1.54) is 0 Å². The number of hydrogen-bond acceptors (Lipinski definition) is 4. The minimum absolute atomic E-state index is 0.194. The van der Waals surface area contributed by atoms with Gasteiger partial charge in [0.2, 0.25) is 0 Å².